The van der Waals surface area contributed by atoms with Crippen LogP contribution in [0.25, 0.3) is 21.9 Å². The Labute approximate surface area is 168 Å². The predicted molar refractivity (Wildman–Crippen MR) is 110 cm³/mol. The number of hydrogen-bond acceptors (Lipinski definition) is 6. The summed E-state index contributed by atoms with van der Waals surface area (Å²) in [7, 11) is 0. The Morgan fingerprint density at radius 3 is 2.90 bits per heavy atom. The Bertz CT molecular complexity index is 1070. The number of ether oxygens (including phenoxy) is 1. The summed E-state index contributed by atoms with van der Waals surface area (Å²) in [6.07, 6.45) is 5.51. The lowest BCUT2D eigenvalue weighted by molar-refractivity contribution is -0.144. The van der Waals surface area contributed by atoms with Crippen molar-refractivity contribution in [2.45, 2.75) is 39.2 Å². The third kappa shape index (κ3) is 4.01. The maximum Gasteiger partial charge on any atom is 0.326 e. The van der Waals surface area contributed by atoms with Crippen LogP contribution < -0.4 is 11.1 Å². The Morgan fingerprint density at radius 1 is 1.31 bits per heavy atom. The van der Waals surface area contributed by atoms with Gasteiger partial charge in [0.25, 0.3) is 5.91 Å². The van der Waals surface area contributed by atoms with Crippen molar-refractivity contribution in [2.24, 2.45) is 5.92 Å². The van der Waals surface area contributed by atoms with E-state index in [1.54, 1.807) is 16.7 Å². The second-order valence-corrected chi connectivity index (χ2v) is 7.50. The molecule has 0 unspecified atom stereocenters. The van der Waals surface area contributed by atoms with Gasteiger partial charge in [-0.15, -0.1) is 0 Å². The van der Waals surface area contributed by atoms with E-state index in [2.05, 4.69) is 15.3 Å². The number of esters is 1. The highest BCUT2D eigenvalue weighted by molar-refractivity contribution is 6.13. The van der Waals surface area contributed by atoms with Gasteiger partial charge in [-0.25, -0.2) is 9.97 Å². The maximum atomic E-state index is 12.5. The van der Waals surface area contributed by atoms with Gasteiger partial charge in [0.1, 0.15) is 24.3 Å². The summed E-state index contributed by atoms with van der Waals surface area (Å²) in [4.78, 5) is 33.2. The van der Waals surface area contributed by atoms with E-state index in [1.807, 2.05) is 13.0 Å². The van der Waals surface area contributed by atoms with Gasteiger partial charge in [-0.05, 0) is 43.4 Å². The summed E-state index contributed by atoms with van der Waals surface area (Å²) in [5.74, 6) is 0.468. The molecule has 2 aromatic heterocycles. The third-order valence-corrected chi connectivity index (χ3v) is 5.23. The summed E-state index contributed by atoms with van der Waals surface area (Å²) in [5.41, 5.74) is 7.98. The van der Waals surface area contributed by atoms with E-state index in [4.69, 9.17) is 10.5 Å². The molecule has 1 aliphatic carbocycles. The highest BCUT2D eigenvalue weighted by Gasteiger charge is 2.23. The number of nitrogens with one attached hydrogen (secondary N) is 1. The van der Waals surface area contributed by atoms with Gasteiger partial charge >= 0.3 is 5.97 Å². The number of hydrogen-bond donors (Lipinski definition) is 2. The van der Waals surface area contributed by atoms with Gasteiger partial charge in [0.05, 0.1) is 17.5 Å². The SMILES string of the molecule is CCCCOC(=O)Cn1c2ccc(C(=O)NCC3CC3)cc2c2c(N)ncnc21. The molecule has 8 heteroatoms. The first-order valence-electron chi connectivity index (χ1n) is 10.0. The molecule has 1 fully saturated rings. The molecule has 0 atom stereocenters. The fourth-order valence-corrected chi connectivity index (χ4v) is 3.41. The summed E-state index contributed by atoms with van der Waals surface area (Å²) in [6.45, 7) is 3.16. The first kappa shape index (κ1) is 19.2. The first-order chi connectivity index (χ1) is 14.1. The van der Waals surface area contributed by atoms with E-state index in [-0.39, 0.29) is 18.4 Å². The number of amides is 1. The van der Waals surface area contributed by atoms with Crippen molar-refractivity contribution in [3.8, 4) is 0 Å². The van der Waals surface area contributed by atoms with E-state index in [1.165, 1.54) is 19.2 Å². The van der Waals surface area contributed by atoms with Crippen molar-refractivity contribution < 1.29 is 14.3 Å². The number of nitrogens with two attached hydrogens (primary N) is 1. The highest BCUT2D eigenvalue weighted by atomic mass is 16.5. The number of aromatic nitrogens is 3. The quantitative estimate of drug-likeness (QED) is 0.448. The van der Waals surface area contributed by atoms with E-state index in [9.17, 15) is 9.59 Å². The standard InChI is InChI=1S/C21H25N5O3/c1-2-3-8-29-17(27)11-26-16-7-6-14(21(28)23-10-13-4-5-13)9-15(16)18-19(22)24-12-25-20(18)26/h6-7,9,12-13H,2-5,8,10-11H2,1H3,(H,23,28)(H2,22,24,25). The van der Waals surface area contributed by atoms with Crippen LogP contribution in [0, 0.1) is 5.92 Å². The molecule has 0 bridgehead atoms. The molecule has 1 amide bonds. The van der Waals surface area contributed by atoms with Crippen LogP contribution in [0.1, 0.15) is 43.0 Å². The van der Waals surface area contributed by atoms with Crippen LogP contribution >= 0.6 is 0 Å². The summed E-state index contributed by atoms with van der Waals surface area (Å²) in [6, 6.07) is 5.37. The normalized spacial score (nSPS) is 13.7. The van der Waals surface area contributed by atoms with Crippen LogP contribution in [0.3, 0.4) is 0 Å². The van der Waals surface area contributed by atoms with Crippen LogP contribution in [0.5, 0.6) is 0 Å². The second kappa shape index (κ2) is 8.06. The number of nitrogens with zero attached hydrogens (tertiary/aromatic N) is 3. The van der Waals surface area contributed by atoms with Gasteiger partial charge in [0.2, 0.25) is 0 Å². The molecule has 4 rings (SSSR count). The third-order valence-electron chi connectivity index (χ3n) is 5.23. The van der Waals surface area contributed by atoms with Gasteiger partial charge in [0, 0.05) is 17.5 Å². The zero-order valence-corrected chi connectivity index (χ0v) is 16.5. The van der Waals surface area contributed by atoms with Crippen molar-refractivity contribution in [3.05, 3.63) is 30.1 Å². The highest BCUT2D eigenvalue weighted by Crippen LogP contribution is 2.32. The topological polar surface area (TPSA) is 112 Å². The molecule has 0 spiro atoms. The number of unbranched alkanes of at least 4 members (excludes halogenated alkanes) is 1. The Kier molecular flexibility index (Phi) is 5.33. The molecule has 152 valence electrons. The fraction of sp³-hybridized carbons (Fsp3) is 0.429. The lowest BCUT2D eigenvalue weighted by Crippen LogP contribution is -2.25. The minimum atomic E-state index is -0.333. The molecule has 1 aromatic carbocycles. The average molecular weight is 395 g/mol. The zero-order chi connectivity index (χ0) is 20.4. The van der Waals surface area contributed by atoms with Gasteiger partial charge in [-0.2, -0.15) is 0 Å². The number of rotatable bonds is 8. The van der Waals surface area contributed by atoms with Crippen LogP contribution in [0.2, 0.25) is 0 Å². The Hall–Kier alpha value is -3.16. The smallest absolute Gasteiger partial charge is 0.326 e. The minimum Gasteiger partial charge on any atom is -0.464 e. The summed E-state index contributed by atoms with van der Waals surface area (Å²) in [5, 5.41) is 4.36. The number of benzene rings is 1. The van der Waals surface area contributed by atoms with Crippen molar-refractivity contribution >= 4 is 39.6 Å². The lowest BCUT2D eigenvalue weighted by Gasteiger charge is -2.08. The molecule has 3 aromatic rings. The van der Waals surface area contributed by atoms with Crippen molar-refractivity contribution in [1.29, 1.82) is 0 Å². The number of fused-ring (bicyclic) bond motifs is 3. The van der Waals surface area contributed by atoms with E-state index in [0.717, 1.165) is 23.7 Å². The van der Waals surface area contributed by atoms with Crippen LogP contribution in [0.15, 0.2) is 24.5 Å². The largest absolute Gasteiger partial charge is 0.464 e. The van der Waals surface area contributed by atoms with Crippen LogP contribution in [-0.4, -0.2) is 39.6 Å². The minimum absolute atomic E-state index is 0.0212. The molecule has 0 saturated heterocycles. The van der Waals surface area contributed by atoms with E-state index in [0.29, 0.717) is 41.5 Å². The monoisotopic (exact) mass is 395 g/mol. The van der Waals surface area contributed by atoms with Crippen molar-refractivity contribution in [2.75, 3.05) is 18.9 Å². The molecule has 29 heavy (non-hydrogen) atoms. The van der Waals surface area contributed by atoms with Crippen molar-refractivity contribution in [3.63, 3.8) is 0 Å². The molecule has 1 saturated carbocycles. The first-order valence-corrected chi connectivity index (χ1v) is 10.0. The molecule has 1 aliphatic rings. The molecular formula is C21H25N5O3. The number of anilines is 1. The van der Waals surface area contributed by atoms with Gasteiger partial charge in [-0.1, -0.05) is 13.3 Å². The fourth-order valence-electron chi connectivity index (χ4n) is 3.41. The van der Waals surface area contributed by atoms with Gasteiger partial charge in [0.15, 0.2) is 0 Å². The van der Waals surface area contributed by atoms with Crippen LogP contribution in [0.4, 0.5) is 5.82 Å². The van der Waals surface area contributed by atoms with Crippen molar-refractivity contribution in [1.82, 2.24) is 19.9 Å². The Balaban J connectivity index is 1.69. The molecular weight excluding hydrogens is 370 g/mol. The number of nitrogen functional groups attached to an aromatic ring is 1. The Morgan fingerprint density at radius 2 is 2.14 bits per heavy atom. The maximum absolute atomic E-state index is 12.5. The average Bonchev–Trinajstić information content (AvgIpc) is 3.49. The molecule has 3 N–H and O–H groups in total. The lowest BCUT2D eigenvalue weighted by atomic mass is 10.1. The van der Waals surface area contributed by atoms with E-state index >= 15 is 0 Å². The molecule has 0 aliphatic heterocycles. The molecule has 0 radical (unpaired) electrons. The van der Waals surface area contributed by atoms with E-state index < -0.39 is 0 Å². The number of carbonyl (C=O) groups excluding carboxylic acids is 2. The molecule has 2 heterocycles. The predicted octanol–water partition coefficient (Wildman–Crippen LogP) is 2.65. The molecule has 8 nitrogen and oxygen atoms in total. The zero-order valence-electron chi connectivity index (χ0n) is 16.5. The van der Waals surface area contributed by atoms with Gasteiger partial charge in [-0.3, -0.25) is 9.59 Å². The van der Waals surface area contributed by atoms with Gasteiger partial charge < -0.3 is 20.4 Å². The number of carbonyl (C=O) groups is 2. The summed E-state index contributed by atoms with van der Waals surface area (Å²) < 4.78 is 7.07. The second-order valence-electron chi connectivity index (χ2n) is 7.50. The summed E-state index contributed by atoms with van der Waals surface area (Å²) >= 11 is 0. The van der Waals surface area contributed by atoms with Crippen LogP contribution in [-0.2, 0) is 16.1 Å².